The molecular formula is C34H37F2N7O3. The summed E-state index contributed by atoms with van der Waals surface area (Å²) in [4.78, 5) is 32.9. The van der Waals surface area contributed by atoms with Gasteiger partial charge in [0.05, 0.1) is 24.0 Å². The second-order valence-electron chi connectivity index (χ2n) is 11.9. The maximum atomic E-state index is 13.7. The van der Waals surface area contributed by atoms with E-state index in [1.165, 1.54) is 6.20 Å². The lowest BCUT2D eigenvalue weighted by molar-refractivity contribution is -0.0901. The molecule has 2 aromatic heterocycles. The molecule has 1 aliphatic carbocycles. The number of methoxy groups -OCH3 is 1. The van der Waals surface area contributed by atoms with E-state index < -0.39 is 17.9 Å². The van der Waals surface area contributed by atoms with Crippen molar-refractivity contribution >= 4 is 17.8 Å². The van der Waals surface area contributed by atoms with Crippen LogP contribution in [0.2, 0.25) is 0 Å². The van der Waals surface area contributed by atoms with Gasteiger partial charge < -0.3 is 15.4 Å². The molecule has 3 heterocycles. The summed E-state index contributed by atoms with van der Waals surface area (Å²) in [6.07, 6.45) is 0.724. The fourth-order valence-electron chi connectivity index (χ4n) is 6.18. The minimum Gasteiger partial charge on any atom is -0.383 e. The average Bonchev–Trinajstić information content (AvgIpc) is 3.60. The summed E-state index contributed by atoms with van der Waals surface area (Å²) in [7, 11) is 1.68. The Labute approximate surface area is 266 Å². The lowest BCUT2D eigenvalue weighted by Crippen LogP contribution is -2.50. The number of pyridine rings is 1. The minimum atomic E-state index is -2.74. The summed E-state index contributed by atoms with van der Waals surface area (Å²) in [5.41, 5.74) is 3.81. The molecule has 3 amide bonds. The monoisotopic (exact) mass is 629 g/mol. The smallest absolute Gasteiger partial charge is 0.320 e. The number of carbonyl (C=O) groups is 2. The Kier molecular flexibility index (Phi) is 9.09. The molecule has 10 nitrogen and oxygen atoms in total. The van der Waals surface area contributed by atoms with Crippen LogP contribution in [0.4, 0.5) is 19.4 Å². The highest BCUT2D eigenvalue weighted by Crippen LogP contribution is 2.37. The maximum absolute atomic E-state index is 13.7. The normalized spacial score (nSPS) is 19.4. The summed E-state index contributed by atoms with van der Waals surface area (Å²) in [6.45, 7) is 4.70. The molecule has 46 heavy (non-hydrogen) atoms. The lowest BCUT2D eigenvalue weighted by Gasteiger charge is -2.35. The van der Waals surface area contributed by atoms with Crippen LogP contribution >= 0.6 is 0 Å². The second kappa shape index (κ2) is 13.4. The Morgan fingerprint density at radius 1 is 1.00 bits per heavy atom. The zero-order chi connectivity index (χ0) is 32.3. The number of likely N-dealkylation sites (tertiary alicyclic amines) is 1. The predicted octanol–water partition coefficient (Wildman–Crippen LogP) is 5.01. The first-order chi connectivity index (χ1) is 22.2. The van der Waals surface area contributed by atoms with Gasteiger partial charge in [-0.1, -0.05) is 48.5 Å². The van der Waals surface area contributed by atoms with Gasteiger partial charge in [0, 0.05) is 68.9 Å². The van der Waals surface area contributed by atoms with Crippen molar-refractivity contribution in [3.05, 3.63) is 95.8 Å². The first kappa shape index (κ1) is 31.3. The first-order valence-corrected chi connectivity index (χ1v) is 15.3. The summed E-state index contributed by atoms with van der Waals surface area (Å²) in [5, 5.41) is 13.7. The highest BCUT2D eigenvalue weighted by Gasteiger charge is 2.46. The van der Waals surface area contributed by atoms with Gasteiger partial charge in [-0.2, -0.15) is 5.10 Å². The highest BCUT2D eigenvalue weighted by molar-refractivity contribution is 5.94. The molecule has 2 aliphatic rings. The number of anilines is 1. The SMILES string of the molecule is COCCN1C[C@@H](NC(=O)Nc2c(C)c(-c3ccnc(C(=O)NC4CC(F)(F)C4)c3)nn2-c2ccccc2)[C@H](c2ccccc2)C1. The van der Waals surface area contributed by atoms with E-state index in [2.05, 4.69) is 38.0 Å². The van der Waals surface area contributed by atoms with Crippen LogP contribution in [0, 0.1) is 6.92 Å². The minimum absolute atomic E-state index is 0.0971. The Morgan fingerprint density at radius 3 is 2.41 bits per heavy atom. The maximum Gasteiger partial charge on any atom is 0.320 e. The summed E-state index contributed by atoms with van der Waals surface area (Å²) < 4.78 is 33.5. The van der Waals surface area contributed by atoms with Crippen molar-refractivity contribution < 1.29 is 23.1 Å². The third-order valence-electron chi connectivity index (χ3n) is 8.60. The van der Waals surface area contributed by atoms with Crippen LogP contribution in [0.1, 0.15) is 40.4 Å². The standard InChI is InChI=1S/C34H37F2N7O3/c1-22-30(24-13-14-37-28(17-24)32(44)38-25-18-34(35,36)19-25)41-43(26-11-7-4-8-12-26)31(22)40-33(45)39-29-21-42(15-16-46-2)20-27(29)23-9-5-3-6-10-23/h3-14,17,25,27,29H,15-16,18-21H2,1-2H3,(H,38,44)(H2,39,40,45)/t27-,29+/m0/s1. The molecule has 0 spiro atoms. The van der Waals surface area contributed by atoms with E-state index in [0.717, 1.165) is 24.3 Å². The molecule has 0 radical (unpaired) electrons. The van der Waals surface area contributed by atoms with E-state index in [-0.39, 0.29) is 36.5 Å². The largest absolute Gasteiger partial charge is 0.383 e. The molecule has 240 valence electrons. The van der Waals surface area contributed by atoms with E-state index in [0.29, 0.717) is 35.8 Å². The number of nitrogens with one attached hydrogen (secondary N) is 3. The van der Waals surface area contributed by atoms with Crippen molar-refractivity contribution in [2.24, 2.45) is 0 Å². The molecule has 2 fully saturated rings. The zero-order valence-corrected chi connectivity index (χ0v) is 25.7. The van der Waals surface area contributed by atoms with Crippen LogP contribution in [-0.2, 0) is 4.74 Å². The van der Waals surface area contributed by atoms with E-state index in [1.54, 1.807) is 23.9 Å². The summed E-state index contributed by atoms with van der Waals surface area (Å²) in [6, 6.07) is 21.8. The van der Waals surface area contributed by atoms with Gasteiger partial charge in [0.15, 0.2) is 0 Å². The number of hydrogen-bond donors (Lipinski definition) is 3. The van der Waals surface area contributed by atoms with E-state index in [1.807, 2.05) is 55.5 Å². The number of benzene rings is 2. The molecule has 2 aromatic carbocycles. The van der Waals surface area contributed by atoms with Crippen molar-refractivity contribution in [3.8, 4) is 16.9 Å². The third-order valence-corrected chi connectivity index (χ3v) is 8.60. The Bertz CT molecular complexity index is 1670. The Balaban J connectivity index is 1.25. The number of hydrogen-bond acceptors (Lipinski definition) is 6. The number of para-hydroxylation sites is 1. The van der Waals surface area contributed by atoms with Gasteiger partial charge in [-0.15, -0.1) is 0 Å². The lowest BCUT2D eigenvalue weighted by atomic mass is 9.88. The van der Waals surface area contributed by atoms with Crippen molar-refractivity contribution in [2.75, 3.05) is 38.7 Å². The summed E-state index contributed by atoms with van der Waals surface area (Å²) in [5.74, 6) is -2.69. The quantitative estimate of drug-likeness (QED) is 0.228. The fraction of sp³-hybridized carbons (Fsp3) is 0.353. The number of aromatic nitrogens is 3. The molecule has 3 N–H and O–H groups in total. The molecule has 4 aromatic rings. The predicted molar refractivity (Wildman–Crippen MR) is 170 cm³/mol. The van der Waals surface area contributed by atoms with Gasteiger partial charge in [-0.05, 0) is 36.8 Å². The number of urea groups is 1. The van der Waals surface area contributed by atoms with Crippen LogP contribution in [0.25, 0.3) is 16.9 Å². The van der Waals surface area contributed by atoms with Gasteiger partial charge in [0.25, 0.3) is 11.8 Å². The molecule has 0 unspecified atom stereocenters. The number of rotatable bonds is 10. The average molecular weight is 630 g/mol. The van der Waals surface area contributed by atoms with Crippen molar-refractivity contribution in [1.29, 1.82) is 0 Å². The number of nitrogens with zero attached hydrogens (tertiary/aromatic N) is 4. The number of alkyl halides is 2. The highest BCUT2D eigenvalue weighted by atomic mass is 19.3. The molecule has 1 saturated carbocycles. The van der Waals surface area contributed by atoms with Gasteiger partial charge in [-0.3, -0.25) is 20.0 Å². The molecule has 2 atom stereocenters. The van der Waals surface area contributed by atoms with Crippen LogP contribution in [0.5, 0.6) is 0 Å². The summed E-state index contributed by atoms with van der Waals surface area (Å²) >= 11 is 0. The number of halogens is 2. The van der Waals surface area contributed by atoms with Gasteiger partial charge in [0.2, 0.25) is 0 Å². The molecule has 6 rings (SSSR count). The van der Waals surface area contributed by atoms with Crippen molar-refractivity contribution in [3.63, 3.8) is 0 Å². The molecule has 1 saturated heterocycles. The van der Waals surface area contributed by atoms with Crippen molar-refractivity contribution in [2.45, 2.75) is 43.7 Å². The van der Waals surface area contributed by atoms with Crippen LogP contribution < -0.4 is 16.0 Å². The first-order valence-electron chi connectivity index (χ1n) is 15.3. The molecule has 12 heteroatoms. The third kappa shape index (κ3) is 6.92. The van der Waals surface area contributed by atoms with Crippen LogP contribution in [-0.4, -0.2) is 83.0 Å². The zero-order valence-electron chi connectivity index (χ0n) is 25.7. The van der Waals surface area contributed by atoms with E-state index in [4.69, 9.17) is 9.84 Å². The van der Waals surface area contributed by atoms with Gasteiger partial charge in [-0.25, -0.2) is 18.3 Å². The van der Waals surface area contributed by atoms with Gasteiger partial charge in [0.1, 0.15) is 11.5 Å². The van der Waals surface area contributed by atoms with E-state index in [9.17, 15) is 18.4 Å². The topological polar surface area (TPSA) is 113 Å². The fourth-order valence-corrected chi connectivity index (χ4v) is 6.18. The Morgan fingerprint density at radius 2 is 1.72 bits per heavy atom. The number of amides is 3. The molecule has 1 aliphatic heterocycles. The van der Waals surface area contributed by atoms with Gasteiger partial charge >= 0.3 is 6.03 Å². The van der Waals surface area contributed by atoms with Crippen molar-refractivity contribution in [1.82, 2.24) is 30.3 Å². The Hall–Kier alpha value is -4.68. The second-order valence-corrected chi connectivity index (χ2v) is 11.9. The molecule has 0 bridgehead atoms. The molecular weight excluding hydrogens is 592 g/mol. The number of ether oxygens (including phenoxy) is 1. The van der Waals surface area contributed by atoms with Crippen LogP contribution in [0.3, 0.4) is 0 Å². The number of carbonyl (C=O) groups excluding carboxylic acids is 2. The van der Waals surface area contributed by atoms with Crippen LogP contribution in [0.15, 0.2) is 79.0 Å². The van der Waals surface area contributed by atoms with E-state index >= 15 is 0 Å².